The number of nitrogens with zero attached hydrogens (tertiary/aromatic N) is 1. The highest BCUT2D eigenvalue weighted by atomic mass is 32.2. The van der Waals surface area contributed by atoms with Gasteiger partial charge in [0.05, 0.1) is 16.8 Å². The molecule has 3 rings (SSSR count). The summed E-state index contributed by atoms with van der Waals surface area (Å²) in [6, 6.07) is 18.3. The van der Waals surface area contributed by atoms with Crippen LogP contribution >= 0.6 is 0 Å². The van der Waals surface area contributed by atoms with E-state index < -0.39 is 10.0 Å². The van der Waals surface area contributed by atoms with Crippen molar-refractivity contribution in [1.29, 1.82) is 0 Å². The van der Waals surface area contributed by atoms with Gasteiger partial charge in [0.1, 0.15) is 5.82 Å². The highest BCUT2D eigenvalue weighted by molar-refractivity contribution is 7.92. The third kappa shape index (κ3) is 4.65. The molecule has 0 saturated carbocycles. The van der Waals surface area contributed by atoms with Crippen molar-refractivity contribution >= 4 is 27.2 Å². The lowest BCUT2D eigenvalue weighted by Crippen LogP contribution is -2.14. The molecule has 3 aromatic rings. The fraction of sp³-hybridized carbons (Fsp3) is 0.190. The van der Waals surface area contributed by atoms with E-state index in [1.165, 1.54) is 0 Å². The molecule has 6 heteroatoms. The van der Waals surface area contributed by atoms with Gasteiger partial charge in [0.2, 0.25) is 0 Å². The molecule has 1 heterocycles. The zero-order valence-corrected chi connectivity index (χ0v) is 16.4. The van der Waals surface area contributed by atoms with Crippen molar-refractivity contribution in [2.45, 2.75) is 31.6 Å². The fourth-order valence-corrected chi connectivity index (χ4v) is 3.63. The smallest absolute Gasteiger partial charge is 0.263 e. The zero-order valence-electron chi connectivity index (χ0n) is 15.6. The average Bonchev–Trinajstić information content (AvgIpc) is 2.65. The Bertz CT molecular complexity index is 1010. The minimum Gasteiger partial charge on any atom is -0.354 e. The third-order valence-corrected chi connectivity index (χ3v) is 5.65. The summed E-state index contributed by atoms with van der Waals surface area (Å²) >= 11 is 0. The summed E-state index contributed by atoms with van der Waals surface area (Å²) in [6.45, 7) is 6.15. The summed E-state index contributed by atoms with van der Waals surface area (Å²) in [5.41, 5.74) is 3.98. The molecule has 0 fully saturated rings. The lowest BCUT2D eigenvalue weighted by Gasteiger charge is -2.11. The lowest BCUT2D eigenvalue weighted by atomic mass is 10.0. The molecular weight excluding hydrogens is 358 g/mol. The molecule has 0 atom stereocenters. The van der Waals surface area contributed by atoms with Crippen molar-refractivity contribution in [3.63, 3.8) is 0 Å². The highest BCUT2D eigenvalue weighted by Gasteiger charge is 2.15. The van der Waals surface area contributed by atoms with Gasteiger partial charge < -0.3 is 5.32 Å². The molecule has 0 aliphatic carbocycles. The molecule has 0 bridgehead atoms. The number of para-hydroxylation sites is 1. The maximum atomic E-state index is 12.5. The van der Waals surface area contributed by atoms with Crippen molar-refractivity contribution in [3.8, 4) is 0 Å². The maximum Gasteiger partial charge on any atom is 0.263 e. The molecule has 140 valence electrons. The van der Waals surface area contributed by atoms with Gasteiger partial charge in [-0.25, -0.2) is 13.4 Å². The Balaban J connectivity index is 1.72. The maximum absolute atomic E-state index is 12.5. The van der Waals surface area contributed by atoms with Gasteiger partial charge in [0.15, 0.2) is 0 Å². The second kappa shape index (κ2) is 7.80. The number of rotatable bonds is 6. The van der Waals surface area contributed by atoms with Crippen LogP contribution in [-0.2, 0) is 10.0 Å². The number of nitrogens with one attached hydrogen (secondary N) is 2. The SMILES string of the molecule is Cc1ccccc1Nc1ccc(NS(=O)(=O)c2ccc(C(C)C)cc2)nc1. The molecule has 0 aliphatic heterocycles. The minimum absolute atomic E-state index is 0.218. The normalized spacial score (nSPS) is 11.4. The van der Waals surface area contributed by atoms with Gasteiger partial charge in [-0.2, -0.15) is 0 Å². The van der Waals surface area contributed by atoms with Crippen LogP contribution in [0.25, 0.3) is 0 Å². The number of hydrogen-bond acceptors (Lipinski definition) is 4. The first-order chi connectivity index (χ1) is 12.8. The monoisotopic (exact) mass is 381 g/mol. The van der Waals surface area contributed by atoms with Gasteiger partial charge in [-0.1, -0.05) is 44.2 Å². The Kier molecular flexibility index (Phi) is 5.46. The molecule has 0 aliphatic rings. The largest absolute Gasteiger partial charge is 0.354 e. The Morgan fingerprint density at radius 2 is 1.63 bits per heavy atom. The molecule has 0 saturated heterocycles. The van der Waals surface area contributed by atoms with Gasteiger partial charge >= 0.3 is 0 Å². The quantitative estimate of drug-likeness (QED) is 0.626. The van der Waals surface area contributed by atoms with Crippen molar-refractivity contribution < 1.29 is 8.42 Å². The molecule has 0 radical (unpaired) electrons. The van der Waals surface area contributed by atoms with E-state index in [-0.39, 0.29) is 10.7 Å². The molecule has 27 heavy (non-hydrogen) atoms. The Labute approximate surface area is 160 Å². The standard InChI is InChI=1S/C21H23N3O2S/c1-15(2)17-8-11-19(12-9-17)27(25,26)24-21-13-10-18(14-22-21)23-20-7-5-4-6-16(20)3/h4-15,23H,1-3H3,(H,22,24). The predicted molar refractivity (Wildman–Crippen MR) is 110 cm³/mol. The van der Waals surface area contributed by atoms with Crippen molar-refractivity contribution in [3.05, 3.63) is 78.0 Å². The van der Waals surface area contributed by atoms with E-state index in [4.69, 9.17) is 0 Å². The number of hydrogen-bond donors (Lipinski definition) is 2. The second-order valence-corrected chi connectivity index (χ2v) is 8.38. The molecular formula is C21H23N3O2S. The van der Waals surface area contributed by atoms with Gasteiger partial charge in [-0.15, -0.1) is 0 Å². The topological polar surface area (TPSA) is 71.1 Å². The first-order valence-corrected chi connectivity index (χ1v) is 10.2. The van der Waals surface area contributed by atoms with Crippen LogP contribution in [0.2, 0.25) is 0 Å². The summed E-state index contributed by atoms with van der Waals surface area (Å²) in [6.07, 6.45) is 1.60. The van der Waals surface area contributed by atoms with Gasteiger partial charge in [0, 0.05) is 5.69 Å². The van der Waals surface area contributed by atoms with Crippen LogP contribution in [0.15, 0.2) is 71.8 Å². The van der Waals surface area contributed by atoms with Crippen LogP contribution in [0.3, 0.4) is 0 Å². The molecule has 0 spiro atoms. The van der Waals surface area contributed by atoms with Gasteiger partial charge in [-0.3, -0.25) is 4.72 Å². The molecule has 0 unspecified atom stereocenters. The Hall–Kier alpha value is -2.86. The summed E-state index contributed by atoms with van der Waals surface area (Å²) in [7, 11) is -3.67. The summed E-state index contributed by atoms with van der Waals surface area (Å²) in [4.78, 5) is 4.43. The summed E-state index contributed by atoms with van der Waals surface area (Å²) in [5.74, 6) is 0.628. The second-order valence-electron chi connectivity index (χ2n) is 6.70. The van der Waals surface area contributed by atoms with E-state index in [2.05, 4.69) is 28.9 Å². The number of pyridine rings is 1. The number of aromatic nitrogens is 1. The molecule has 0 amide bonds. The van der Waals surface area contributed by atoms with E-state index in [0.29, 0.717) is 5.92 Å². The van der Waals surface area contributed by atoms with Gasteiger partial charge in [0.25, 0.3) is 10.0 Å². The number of sulfonamides is 1. The number of aryl methyl sites for hydroxylation is 1. The Morgan fingerprint density at radius 1 is 0.926 bits per heavy atom. The third-order valence-electron chi connectivity index (χ3n) is 4.28. The van der Waals surface area contributed by atoms with Crippen molar-refractivity contribution in [2.75, 3.05) is 10.0 Å². The van der Waals surface area contributed by atoms with Crippen LogP contribution in [0.5, 0.6) is 0 Å². The minimum atomic E-state index is -3.67. The molecule has 5 nitrogen and oxygen atoms in total. The van der Waals surface area contributed by atoms with Crippen molar-refractivity contribution in [1.82, 2.24) is 4.98 Å². The zero-order chi connectivity index (χ0) is 19.4. The lowest BCUT2D eigenvalue weighted by molar-refractivity contribution is 0.601. The van der Waals surface area contributed by atoms with Gasteiger partial charge in [-0.05, 0) is 54.3 Å². The average molecular weight is 382 g/mol. The van der Waals surface area contributed by atoms with E-state index in [1.54, 1.807) is 30.5 Å². The summed E-state index contributed by atoms with van der Waals surface area (Å²) in [5, 5.41) is 3.27. The van der Waals surface area contributed by atoms with E-state index in [0.717, 1.165) is 22.5 Å². The van der Waals surface area contributed by atoms with Crippen LogP contribution in [0.4, 0.5) is 17.2 Å². The first kappa shape index (κ1) is 18.9. The van der Waals surface area contributed by atoms with E-state index in [1.807, 2.05) is 43.3 Å². The first-order valence-electron chi connectivity index (χ1n) is 8.76. The van der Waals surface area contributed by atoms with Crippen molar-refractivity contribution in [2.24, 2.45) is 0 Å². The fourth-order valence-electron chi connectivity index (χ4n) is 2.63. The number of benzene rings is 2. The van der Waals surface area contributed by atoms with Crippen LogP contribution in [-0.4, -0.2) is 13.4 Å². The van der Waals surface area contributed by atoms with Crippen LogP contribution in [0.1, 0.15) is 30.9 Å². The van der Waals surface area contributed by atoms with E-state index in [9.17, 15) is 8.42 Å². The molecule has 1 aromatic heterocycles. The predicted octanol–water partition coefficient (Wildman–Crippen LogP) is 5.06. The molecule has 2 N–H and O–H groups in total. The summed E-state index contributed by atoms with van der Waals surface area (Å²) < 4.78 is 27.6. The van der Waals surface area contributed by atoms with Crippen LogP contribution < -0.4 is 10.0 Å². The highest BCUT2D eigenvalue weighted by Crippen LogP contribution is 2.22. The Morgan fingerprint density at radius 3 is 2.22 bits per heavy atom. The molecule has 2 aromatic carbocycles. The number of anilines is 3. The van der Waals surface area contributed by atoms with E-state index >= 15 is 0 Å². The van der Waals surface area contributed by atoms with Crippen LogP contribution in [0, 0.1) is 6.92 Å².